The lowest BCUT2D eigenvalue weighted by Gasteiger charge is -2.10. The molecule has 0 N–H and O–H groups in total. The van der Waals surface area contributed by atoms with Gasteiger partial charge in [0.2, 0.25) is 0 Å². The summed E-state index contributed by atoms with van der Waals surface area (Å²) in [6, 6.07) is 7.49. The molecule has 0 aliphatic heterocycles. The molecule has 2 aromatic carbocycles. The van der Waals surface area contributed by atoms with Crippen molar-refractivity contribution >= 4 is 34.5 Å². The molecule has 0 fully saturated rings. The van der Waals surface area contributed by atoms with E-state index < -0.39 is 23.9 Å². The first-order valence-corrected chi connectivity index (χ1v) is 8.50. The van der Waals surface area contributed by atoms with Crippen molar-refractivity contribution in [1.29, 1.82) is 0 Å². The quantitative estimate of drug-likeness (QED) is 0.327. The van der Waals surface area contributed by atoms with E-state index in [1.54, 1.807) is 0 Å². The standard InChI is InChI=1S/C19H13ClF4N2O3/c1-28-18(27)7-6-16-14-5-4-13(29-19(22,23)24)9-17(14)26(25-16)10-11-2-3-12(21)8-15(11)20/h2-9H,10H2,1H3/b7-6+. The molecule has 3 rings (SSSR count). The third-order valence-corrected chi connectivity index (χ3v) is 4.25. The van der Waals surface area contributed by atoms with Gasteiger partial charge in [0.1, 0.15) is 11.6 Å². The Bertz CT molecular complexity index is 1090. The Balaban J connectivity index is 2.08. The lowest BCUT2D eigenvalue weighted by Crippen LogP contribution is -2.17. The van der Waals surface area contributed by atoms with Gasteiger partial charge in [-0.3, -0.25) is 4.68 Å². The number of rotatable bonds is 5. The van der Waals surface area contributed by atoms with Crippen molar-refractivity contribution < 1.29 is 31.8 Å². The van der Waals surface area contributed by atoms with Gasteiger partial charge in [-0.05, 0) is 35.9 Å². The second kappa shape index (κ2) is 8.12. The van der Waals surface area contributed by atoms with E-state index in [0.717, 1.165) is 18.2 Å². The molecule has 0 saturated heterocycles. The molecule has 0 bridgehead atoms. The van der Waals surface area contributed by atoms with Crippen LogP contribution in [0.2, 0.25) is 5.02 Å². The average Bonchev–Trinajstić information content (AvgIpc) is 2.97. The molecule has 0 amide bonds. The minimum atomic E-state index is -4.85. The first-order chi connectivity index (χ1) is 13.7. The molecular weight excluding hydrogens is 416 g/mol. The van der Waals surface area contributed by atoms with E-state index in [1.807, 2.05) is 0 Å². The zero-order valence-corrected chi connectivity index (χ0v) is 15.6. The number of fused-ring (bicyclic) bond motifs is 1. The zero-order chi connectivity index (χ0) is 21.2. The Hall–Kier alpha value is -3.07. The Morgan fingerprint density at radius 2 is 2.00 bits per heavy atom. The van der Waals surface area contributed by atoms with Crippen LogP contribution in [0.5, 0.6) is 5.75 Å². The topological polar surface area (TPSA) is 53.3 Å². The maximum absolute atomic E-state index is 13.3. The van der Waals surface area contributed by atoms with Crippen molar-refractivity contribution in [2.75, 3.05) is 7.11 Å². The highest BCUT2D eigenvalue weighted by molar-refractivity contribution is 6.31. The van der Waals surface area contributed by atoms with E-state index in [4.69, 9.17) is 11.6 Å². The molecule has 0 saturated carbocycles. The van der Waals surface area contributed by atoms with Crippen LogP contribution >= 0.6 is 11.6 Å². The molecule has 1 heterocycles. The molecule has 152 valence electrons. The molecular formula is C19H13ClF4N2O3. The van der Waals surface area contributed by atoms with Gasteiger partial charge in [0.25, 0.3) is 0 Å². The minimum absolute atomic E-state index is 0.0527. The van der Waals surface area contributed by atoms with Crippen molar-refractivity contribution in [1.82, 2.24) is 9.78 Å². The summed E-state index contributed by atoms with van der Waals surface area (Å²) in [7, 11) is 1.21. The third kappa shape index (κ3) is 5.05. The molecule has 0 unspecified atom stereocenters. The van der Waals surface area contributed by atoms with Crippen molar-refractivity contribution in [3.05, 3.63) is 64.6 Å². The number of hydrogen-bond donors (Lipinski definition) is 0. The molecule has 0 radical (unpaired) electrons. The number of esters is 1. The van der Waals surface area contributed by atoms with Crippen LogP contribution in [0, 0.1) is 5.82 Å². The molecule has 0 aliphatic rings. The summed E-state index contributed by atoms with van der Waals surface area (Å²) in [6.45, 7) is 0.0527. The smallest absolute Gasteiger partial charge is 0.466 e. The number of carbonyl (C=O) groups excluding carboxylic acids is 1. The lowest BCUT2D eigenvalue weighted by atomic mass is 10.2. The maximum Gasteiger partial charge on any atom is 0.573 e. The molecule has 1 aromatic heterocycles. The highest BCUT2D eigenvalue weighted by atomic mass is 35.5. The molecule has 29 heavy (non-hydrogen) atoms. The van der Waals surface area contributed by atoms with Crippen LogP contribution in [0.1, 0.15) is 11.3 Å². The monoisotopic (exact) mass is 428 g/mol. The highest BCUT2D eigenvalue weighted by Gasteiger charge is 2.31. The number of aromatic nitrogens is 2. The molecule has 10 heteroatoms. The lowest BCUT2D eigenvalue weighted by molar-refractivity contribution is -0.274. The van der Waals surface area contributed by atoms with Crippen LogP contribution in [0.3, 0.4) is 0 Å². The van der Waals surface area contributed by atoms with E-state index in [1.165, 1.54) is 42.1 Å². The van der Waals surface area contributed by atoms with Crippen molar-refractivity contribution in [3.63, 3.8) is 0 Å². The van der Waals surface area contributed by atoms with Crippen LogP contribution in [-0.4, -0.2) is 29.2 Å². The maximum atomic E-state index is 13.3. The number of alkyl halides is 3. The molecule has 0 atom stereocenters. The third-order valence-electron chi connectivity index (χ3n) is 3.90. The number of nitrogens with zero attached hydrogens (tertiary/aromatic N) is 2. The predicted molar refractivity (Wildman–Crippen MR) is 98.0 cm³/mol. The zero-order valence-electron chi connectivity index (χ0n) is 14.8. The second-order valence-corrected chi connectivity index (χ2v) is 6.27. The number of methoxy groups -OCH3 is 1. The van der Waals surface area contributed by atoms with E-state index >= 15 is 0 Å². The van der Waals surface area contributed by atoms with Crippen molar-refractivity contribution in [2.45, 2.75) is 12.9 Å². The molecule has 5 nitrogen and oxygen atoms in total. The predicted octanol–water partition coefficient (Wildman–Crippen LogP) is 4.96. The SMILES string of the molecule is COC(=O)/C=C/c1nn(Cc2ccc(F)cc2Cl)c2cc(OC(F)(F)F)ccc12. The van der Waals surface area contributed by atoms with Crippen LogP contribution in [0.15, 0.2) is 42.5 Å². The summed E-state index contributed by atoms with van der Waals surface area (Å²) in [6.07, 6.45) is -2.34. The number of carbonyl (C=O) groups is 1. The Kier molecular flexibility index (Phi) is 5.78. The fourth-order valence-electron chi connectivity index (χ4n) is 2.65. The van der Waals surface area contributed by atoms with E-state index in [0.29, 0.717) is 22.2 Å². The summed E-state index contributed by atoms with van der Waals surface area (Å²) in [4.78, 5) is 11.4. The summed E-state index contributed by atoms with van der Waals surface area (Å²) >= 11 is 6.05. The fourth-order valence-corrected chi connectivity index (χ4v) is 2.87. The normalized spacial score (nSPS) is 11.9. The molecule has 0 spiro atoms. The average molecular weight is 429 g/mol. The van der Waals surface area contributed by atoms with Gasteiger partial charge in [-0.1, -0.05) is 17.7 Å². The van der Waals surface area contributed by atoms with E-state index in [2.05, 4.69) is 14.6 Å². The van der Waals surface area contributed by atoms with Gasteiger partial charge < -0.3 is 9.47 Å². The fraction of sp³-hybridized carbons (Fsp3) is 0.158. The van der Waals surface area contributed by atoms with Crippen LogP contribution < -0.4 is 4.74 Å². The molecule has 0 aliphatic carbocycles. The van der Waals surface area contributed by atoms with Crippen molar-refractivity contribution in [2.24, 2.45) is 0 Å². The van der Waals surface area contributed by atoms with Crippen molar-refractivity contribution in [3.8, 4) is 5.75 Å². The van der Waals surface area contributed by atoms with Gasteiger partial charge >= 0.3 is 12.3 Å². The Morgan fingerprint density at radius 1 is 1.24 bits per heavy atom. The molecule has 3 aromatic rings. The summed E-state index contributed by atoms with van der Waals surface area (Å²) in [5, 5.41) is 4.94. The number of hydrogen-bond acceptors (Lipinski definition) is 4. The van der Waals surface area contributed by atoms with Gasteiger partial charge in [-0.2, -0.15) is 5.10 Å². The number of ether oxygens (including phenoxy) is 2. The van der Waals surface area contributed by atoms with E-state index in [-0.39, 0.29) is 11.6 Å². The summed E-state index contributed by atoms with van der Waals surface area (Å²) in [5.41, 5.74) is 1.13. The minimum Gasteiger partial charge on any atom is -0.466 e. The van der Waals surface area contributed by atoms with E-state index in [9.17, 15) is 22.4 Å². The first kappa shape index (κ1) is 20.7. The Morgan fingerprint density at radius 3 is 2.66 bits per heavy atom. The van der Waals surface area contributed by atoms with Gasteiger partial charge in [0.15, 0.2) is 0 Å². The van der Waals surface area contributed by atoms with Gasteiger partial charge in [0.05, 0.1) is 24.9 Å². The van der Waals surface area contributed by atoms with Crippen LogP contribution in [-0.2, 0) is 16.1 Å². The van der Waals surface area contributed by atoms with Crippen LogP contribution in [0.25, 0.3) is 17.0 Å². The number of halogens is 5. The highest BCUT2D eigenvalue weighted by Crippen LogP contribution is 2.30. The largest absolute Gasteiger partial charge is 0.573 e. The summed E-state index contributed by atoms with van der Waals surface area (Å²) < 4.78 is 60.9. The second-order valence-electron chi connectivity index (χ2n) is 5.86. The van der Waals surface area contributed by atoms with Gasteiger partial charge in [0, 0.05) is 22.6 Å². The first-order valence-electron chi connectivity index (χ1n) is 8.12. The van der Waals surface area contributed by atoms with Gasteiger partial charge in [-0.15, -0.1) is 13.2 Å². The van der Waals surface area contributed by atoms with Gasteiger partial charge in [-0.25, -0.2) is 9.18 Å². The number of benzene rings is 2. The Labute approximate surface area is 167 Å². The van der Waals surface area contributed by atoms with Crippen LogP contribution in [0.4, 0.5) is 17.6 Å². The summed E-state index contributed by atoms with van der Waals surface area (Å²) in [5.74, 6) is -1.57.